The Bertz CT molecular complexity index is 1050. The van der Waals surface area contributed by atoms with Crippen LogP contribution in [0.3, 0.4) is 0 Å². The maximum absolute atomic E-state index is 13.0. The van der Waals surface area contributed by atoms with Gasteiger partial charge in [0, 0.05) is 10.5 Å². The lowest BCUT2D eigenvalue weighted by Crippen LogP contribution is -2.31. The number of hydrogen-bond acceptors (Lipinski definition) is 6. The minimum absolute atomic E-state index is 0.0321. The molecule has 1 N–H and O–H groups in total. The lowest BCUT2D eigenvalue weighted by Gasteiger charge is -2.24. The van der Waals surface area contributed by atoms with Crippen LogP contribution in [0.25, 0.3) is 0 Å². The molecule has 4 rings (SSSR count). The van der Waals surface area contributed by atoms with Crippen LogP contribution in [0, 0.1) is 6.92 Å². The Balaban J connectivity index is 1.88. The standard InChI is InChI=1S/C19H13BrN2O5/c1-10-9-14(21-27-10)22-16(11-4-6-12(20)7-5-11)15(18(24)19(22)25)17(23)13-3-2-8-26-13/h2-9,16,24H,1H3. The van der Waals surface area contributed by atoms with Gasteiger partial charge in [0.05, 0.1) is 17.9 Å². The lowest BCUT2D eigenvalue weighted by molar-refractivity contribution is -0.117. The molecule has 1 aliphatic rings. The van der Waals surface area contributed by atoms with Crippen LogP contribution in [0.5, 0.6) is 0 Å². The molecule has 3 heterocycles. The van der Waals surface area contributed by atoms with Crippen molar-refractivity contribution in [1.82, 2.24) is 5.16 Å². The molecule has 0 saturated carbocycles. The van der Waals surface area contributed by atoms with Gasteiger partial charge in [0.1, 0.15) is 5.76 Å². The fourth-order valence-corrected chi connectivity index (χ4v) is 3.31. The Morgan fingerprint density at radius 1 is 1.26 bits per heavy atom. The third-order valence-electron chi connectivity index (χ3n) is 4.25. The number of Topliss-reactive ketones (excluding diaryl/α,β-unsaturated/α-hetero) is 1. The van der Waals surface area contributed by atoms with Crippen molar-refractivity contribution in [2.45, 2.75) is 13.0 Å². The van der Waals surface area contributed by atoms with Crippen LogP contribution in [-0.2, 0) is 4.79 Å². The van der Waals surface area contributed by atoms with Crippen LogP contribution < -0.4 is 4.90 Å². The van der Waals surface area contributed by atoms with Gasteiger partial charge >= 0.3 is 0 Å². The van der Waals surface area contributed by atoms with Crippen LogP contribution in [0.2, 0.25) is 0 Å². The molecule has 7 nitrogen and oxygen atoms in total. The summed E-state index contributed by atoms with van der Waals surface area (Å²) in [6, 6.07) is 10.8. The molecule has 1 amide bonds. The molecule has 0 spiro atoms. The number of nitrogens with zero attached hydrogens (tertiary/aromatic N) is 2. The first-order chi connectivity index (χ1) is 13.0. The van der Waals surface area contributed by atoms with Gasteiger partial charge in [-0.15, -0.1) is 0 Å². The molecular weight excluding hydrogens is 416 g/mol. The summed E-state index contributed by atoms with van der Waals surface area (Å²) in [5.74, 6) is -1.20. The SMILES string of the molecule is Cc1cc(N2C(=O)C(O)=C(C(=O)c3ccco3)C2c2ccc(Br)cc2)no1. The van der Waals surface area contributed by atoms with Crippen molar-refractivity contribution in [2.75, 3.05) is 4.90 Å². The molecular formula is C19H13BrN2O5. The Hall–Kier alpha value is -3.13. The van der Waals surface area contributed by atoms with E-state index >= 15 is 0 Å². The van der Waals surface area contributed by atoms with Gasteiger partial charge in [-0.25, -0.2) is 0 Å². The highest BCUT2D eigenvalue weighted by molar-refractivity contribution is 9.10. The van der Waals surface area contributed by atoms with Crippen LogP contribution in [-0.4, -0.2) is 22.0 Å². The molecule has 2 aromatic heterocycles. The highest BCUT2D eigenvalue weighted by Crippen LogP contribution is 2.41. The number of furan rings is 1. The van der Waals surface area contributed by atoms with Crippen molar-refractivity contribution >= 4 is 33.4 Å². The van der Waals surface area contributed by atoms with Crippen molar-refractivity contribution in [3.63, 3.8) is 0 Å². The molecule has 136 valence electrons. The lowest BCUT2D eigenvalue weighted by atomic mass is 9.95. The summed E-state index contributed by atoms with van der Waals surface area (Å²) in [6.45, 7) is 1.69. The Morgan fingerprint density at radius 3 is 2.59 bits per heavy atom. The van der Waals surface area contributed by atoms with E-state index in [0.29, 0.717) is 11.3 Å². The van der Waals surface area contributed by atoms with Gasteiger partial charge in [-0.1, -0.05) is 33.2 Å². The molecule has 0 aliphatic carbocycles. The minimum atomic E-state index is -0.868. The molecule has 1 aromatic carbocycles. The second kappa shape index (κ2) is 6.55. The summed E-state index contributed by atoms with van der Waals surface area (Å²) >= 11 is 3.37. The van der Waals surface area contributed by atoms with Crippen LogP contribution in [0.4, 0.5) is 5.82 Å². The molecule has 0 saturated heterocycles. The van der Waals surface area contributed by atoms with Gasteiger partial charge in [0.15, 0.2) is 17.3 Å². The zero-order chi connectivity index (χ0) is 19.1. The third kappa shape index (κ3) is 2.87. The van der Waals surface area contributed by atoms with E-state index in [4.69, 9.17) is 8.94 Å². The van der Waals surface area contributed by atoms with E-state index in [2.05, 4.69) is 21.1 Å². The predicted octanol–water partition coefficient (Wildman–Crippen LogP) is 4.12. The van der Waals surface area contributed by atoms with Crippen molar-refractivity contribution in [2.24, 2.45) is 0 Å². The van der Waals surface area contributed by atoms with Gasteiger partial charge in [-0.2, -0.15) is 0 Å². The second-order valence-corrected chi connectivity index (χ2v) is 6.91. The number of aliphatic hydroxyl groups is 1. The molecule has 0 bridgehead atoms. The highest BCUT2D eigenvalue weighted by atomic mass is 79.9. The number of halogens is 1. The number of benzene rings is 1. The molecule has 0 fully saturated rings. The van der Waals surface area contributed by atoms with Gasteiger partial charge in [-0.3, -0.25) is 14.5 Å². The van der Waals surface area contributed by atoms with Crippen LogP contribution >= 0.6 is 15.9 Å². The summed E-state index contributed by atoms with van der Waals surface area (Å²) in [5.41, 5.74) is 0.559. The van der Waals surface area contributed by atoms with E-state index in [0.717, 1.165) is 4.47 Å². The smallest absolute Gasteiger partial charge is 0.295 e. The van der Waals surface area contributed by atoms with Crippen molar-refractivity contribution < 1.29 is 23.6 Å². The molecule has 1 atom stereocenters. The molecule has 8 heteroatoms. The summed E-state index contributed by atoms with van der Waals surface area (Å²) in [6.07, 6.45) is 1.36. The number of carbonyl (C=O) groups excluding carboxylic acids is 2. The molecule has 1 aliphatic heterocycles. The summed E-state index contributed by atoms with van der Waals surface area (Å²) in [7, 11) is 0. The van der Waals surface area contributed by atoms with Crippen LogP contribution in [0.15, 0.2) is 73.5 Å². The topological polar surface area (TPSA) is 96.8 Å². The predicted molar refractivity (Wildman–Crippen MR) is 98.3 cm³/mol. The molecule has 0 radical (unpaired) electrons. The van der Waals surface area contributed by atoms with Crippen molar-refractivity contribution in [3.8, 4) is 0 Å². The third-order valence-corrected chi connectivity index (χ3v) is 4.77. The van der Waals surface area contributed by atoms with E-state index in [-0.39, 0.29) is 17.2 Å². The Morgan fingerprint density at radius 2 is 2.00 bits per heavy atom. The number of rotatable bonds is 4. The van der Waals surface area contributed by atoms with E-state index in [1.807, 2.05) is 0 Å². The number of aromatic nitrogens is 1. The fourth-order valence-electron chi connectivity index (χ4n) is 3.04. The zero-order valence-electron chi connectivity index (χ0n) is 14.0. The van der Waals surface area contributed by atoms with E-state index in [9.17, 15) is 14.7 Å². The Kier molecular flexibility index (Phi) is 4.19. The van der Waals surface area contributed by atoms with E-state index in [1.165, 1.54) is 17.2 Å². The average molecular weight is 429 g/mol. The number of ketones is 1. The number of anilines is 1. The maximum atomic E-state index is 13.0. The van der Waals surface area contributed by atoms with E-state index in [1.54, 1.807) is 43.3 Å². The first-order valence-electron chi connectivity index (χ1n) is 8.01. The second-order valence-electron chi connectivity index (χ2n) is 5.99. The number of aryl methyl sites for hydroxylation is 1. The normalized spacial score (nSPS) is 17.0. The monoisotopic (exact) mass is 428 g/mol. The minimum Gasteiger partial charge on any atom is -0.503 e. The van der Waals surface area contributed by atoms with Gasteiger partial charge in [0.25, 0.3) is 5.91 Å². The van der Waals surface area contributed by atoms with Gasteiger partial charge in [0.2, 0.25) is 5.78 Å². The summed E-state index contributed by atoms with van der Waals surface area (Å²) in [4.78, 5) is 27.0. The summed E-state index contributed by atoms with van der Waals surface area (Å²) in [5, 5.41) is 14.4. The zero-order valence-corrected chi connectivity index (χ0v) is 15.6. The first-order valence-corrected chi connectivity index (χ1v) is 8.80. The average Bonchev–Trinajstić information content (AvgIpc) is 3.37. The molecule has 3 aromatic rings. The number of amides is 1. The van der Waals surface area contributed by atoms with E-state index < -0.39 is 23.5 Å². The number of hydrogen-bond donors (Lipinski definition) is 1. The van der Waals surface area contributed by atoms with Gasteiger partial charge in [-0.05, 0) is 36.8 Å². The highest BCUT2D eigenvalue weighted by Gasteiger charge is 2.46. The van der Waals surface area contributed by atoms with Crippen LogP contribution in [0.1, 0.15) is 27.9 Å². The first kappa shape index (κ1) is 17.3. The van der Waals surface area contributed by atoms with Gasteiger partial charge < -0.3 is 14.0 Å². The number of carbonyl (C=O) groups is 2. The molecule has 1 unspecified atom stereocenters. The Labute approximate surface area is 162 Å². The summed E-state index contributed by atoms with van der Waals surface area (Å²) < 4.78 is 11.1. The molecule has 27 heavy (non-hydrogen) atoms. The largest absolute Gasteiger partial charge is 0.503 e. The quantitative estimate of drug-likeness (QED) is 0.627. The maximum Gasteiger partial charge on any atom is 0.295 e. The fraction of sp³-hybridized carbons (Fsp3) is 0.105. The van der Waals surface area contributed by atoms with Crippen molar-refractivity contribution in [1.29, 1.82) is 0 Å². The van der Waals surface area contributed by atoms with Crippen molar-refractivity contribution in [3.05, 3.63) is 81.6 Å². The number of aliphatic hydroxyl groups excluding tert-OH is 1.